The second-order valence-electron chi connectivity index (χ2n) is 4.42. The van der Waals surface area contributed by atoms with Crippen molar-refractivity contribution in [2.75, 3.05) is 0 Å². The van der Waals surface area contributed by atoms with E-state index in [4.69, 9.17) is 5.26 Å². The summed E-state index contributed by atoms with van der Waals surface area (Å²) < 4.78 is 0. The maximum Gasteiger partial charge on any atom is 0.110 e. The van der Waals surface area contributed by atoms with Crippen LogP contribution in [0.4, 0.5) is 0 Å². The van der Waals surface area contributed by atoms with Crippen molar-refractivity contribution in [2.45, 2.75) is 31.6 Å². The van der Waals surface area contributed by atoms with Gasteiger partial charge in [0.05, 0.1) is 11.1 Å². The van der Waals surface area contributed by atoms with Crippen LogP contribution in [-0.2, 0) is 0 Å². The second-order valence-corrected chi connectivity index (χ2v) is 4.42. The summed E-state index contributed by atoms with van der Waals surface area (Å²) in [5, 5.41) is 9.01. The smallest absolute Gasteiger partial charge is 0.110 e. The Kier molecular flexibility index (Phi) is 2.14. The van der Waals surface area contributed by atoms with Crippen molar-refractivity contribution in [3.8, 4) is 6.07 Å². The number of rotatable bonds is 1. The molecule has 0 bridgehead atoms. The lowest BCUT2D eigenvalue weighted by molar-refractivity contribution is 0.681. The first-order valence-electron chi connectivity index (χ1n) is 5.77. The zero-order valence-corrected chi connectivity index (χ0v) is 9.03. The molecule has 1 aliphatic carbocycles. The van der Waals surface area contributed by atoms with Gasteiger partial charge in [0, 0.05) is 5.92 Å². The Hall–Kier alpha value is -1.82. The SMILES string of the molecule is N#Cc1cccc2[nH]c(C3CCCC3)nc12. The third-order valence-corrected chi connectivity index (χ3v) is 3.39. The largest absolute Gasteiger partial charge is 0.342 e. The Morgan fingerprint density at radius 3 is 2.88 bits per heavy atom. The minimum absolute atomic E-state index is 0.568. The fourth-order valence-corrected chi connectivity index (χ4v) is 2.53. The molecule has 1 fully saturated rings. The normalized spacial score (nSPS) is 16.7. The zero-order chi connectivity index (χ0) is 11.0. The molecule has 3 heteroatoms. The number of hydrogen-bond acceptors (Lipinski definition) is 2. The number of hydrogen-bond donors (Lipinski definition) is 1. The maximum absolute atomic E-state index is 9.01. The van der Waals surface area contributed by atoms with E-state index in [1.54, 1.807) is 0 Å². The Balaban J connectivity index is 2.12. The van der Waals surface area contributed by atoms with Crippen LogP contribution in [-0.4, -0.2) is 9.97 Å². The standard InChI is InChI=1S/C13H13N3/c14-8-10-6-3-7-11-12(10)16-13(15-11)9-4-1-2-5-9/h3,6-7,9H,1-2,4-5H2,(H,15,16). The van der Waals surface area contributed by atoms with Crippen molar-refractivity contribution in [1.29, 1.82) is 5.26 Å². The lowest BCUT2D eigenvalue weighted by atomic mass is 10.1. The quantitative estimate of drug-likeness (QED) is 0.788. The van der Waals surface area contributed by atoms with Crippen molar-refractivity contribution in [3.05, 3.63) is 29.6 Å². The van der Waals surface area contributed by atoms with E-state index >= 15 is 0 Å². The van der Waals surface area contributed by atoms with Gasteiger partial charge in [0.15, 0.2) is 0 Å². The monoisotopic (exact) mass is 211 g/mol. The van der Waals surface area contributed by atoms with Crippen LogP contribution in [0.2, 0.25) is 0 Å². The van der Waals surface area contributed by atoms with Crippen LogP contribution < -0.4 is 0 Å². The molecule has 80 valence electrons. The van der Waals surface area contributed by atoms with Gasteiger partial charge < -0.3 is 4.98 Å². The van der Waals surface area contributed by atoms with Crippen LogP contribution in [0, 0.1) is 11.3 Å². The van der Waals surface area contributed by atoms with Crippen LogP contribution in [0.5, 0.6) is 0 Å². The van der Waals surface area contributed by atoms with Gasteiger partial charge in [0.2, 0.25) is 0 Å². The topological polar surface area (TPSA) is 52.5 Å². The van der Waals surface area contributed by atoms with Crippen LogP contribution in [0.25, 0.3) is 11.0 Å². The molecule has 0 saturated heterocycles. The summed E-state index contributed by atoms with van der Waals surface area (Å²) >= 11 is 0. The first kappa shape index (κ1) is 9.41. The number of para-hydroxylation sites is 1. The number of nitrogens with zero attached hydrogens (tertiary/aromatic N) is 2. The molecule has 0 unspecified atom stereocenters. The average Bonchev–Trinajstić information content (AvgIpc) is 2.96. The van der Waals surface area contributed by atoms with Crippen molar-refractivity contribution in [1.82, 2.24) is 9.97 Å². The lowest BCUT2D eigenvalue weighted by Crippen LogP contribution is -1.94. The molecule has 2 aromatic rings. The minimum atomic E-state index is 0.568. The third-order valence-electron chi connectivity index (χ3n) is 3.39. The summed E-state index contributed by atoms with van der Waals surface area (Å²) in [5.74, 6) is 1.63. The van der Waals surface area contributed by atoms with Gasteiger partial charge in [0.1, 0.15) is 17.4 Å². The lowest BCUT2D eigenvalue weighted by Gasteiger charge is -2.02. The van der Waals surface area contributed by atoms with Crippen LogP contribution in [0.1, 0.15) is 43.0 Å². The molecule has 3 rings (SSSR count). The number of imidazole rings is 1. The van der Waals surface area contributed by atoms with Gasteiger partial charge in [0.25, 0.3) is 0 Å². The number of nitrogens with one attached hydrogen (secondary N) is 1. The summed E-state index contributed by atoms with van der Waals surface area (Å²) in [6.45, 7) is 0. The highest BCUT2D eigenvalue weighted by Gasteiger charge is 2.20. The highest BCUT2D eigenvalue weighted by Crippen LogP contribution is 2.33. The highest BCUT2D eigenvalue weighted by molar-refractivity contribution is 5.81. The van der Waals surface area contributed by atoms with E-state index in [1.807, 2.05) is 18.2 Å². The molecule has 3 nitrogen and oxygen atoms in total. The Bertz CT molecular complexity index is 556. The number of aromatic nitrogens is 2. The van der Waals surface area contributed by atoms with Crippen molar-refractivity contribution < 1.29 is 0 Å². The zero-order valence-electron chi connectivity index (χ0n) is 9.03. The molecule has 0 radical (unpaired) electrons. The van der Waals surface area contributed by atoms with Crippen LogP contribution >= 0.6 is 0 Å². The van der Waals surface area contributed by atoms with Crippen LogP contribution in [0.3, 0.4) is 0 Å². The van der Waals surface area contributed by atoms with E-state index in [0.29, 0.717) is 11.5 Å². The molecule has 0 amide bonds. The first-order valence-corrected chi connectivity index (χ1v) is 5.77. The summed E-state index contributed by atoms with van der Waals surface area (Å²) in [4.78, 5) is 7.94. The molecule has 0 aliphatic heterocycles. The van der Waals surface area contributed by atoms with E-state index in [9.17, 15) is 0 Å². The minimum Gasteiger partial charge on any atom is -0.342 e. The number of fused-ring (bicyclic) bond motifs is 1. The molecule has 16 heavy (non-hydrogen) atoms. The van der Waals surface area contributed by atoms with Gasteiger partial charge in [-0.15, -0.1) is 0 Å². The van der Waals surface area contributed by atoms with Gasteiger partial charge in [-0.25, -0.2) is 4.98 Å². The average molecular weight is 211 g/mol. The second kappa shape index (κ2) is 3.64. The molecule has 1 aliphatic rings. The van der Waals surface area contributed by atoms with Crippen molar-refractivity contribution >= 4 is 11.0 Å². The Labute approximate surface area is 94.1 Å². The molecule has 1 aromatic heterocycles. The molecule has 1 saturated carbocycles. The fourth-order valence-electron chi connectivity index (χ4n) is 2.53. The Morgan fingerprint density at radius 1 is 1.31 bits per heavy atom. The number of H-pyrrole nitrogens is 1. The molecular weight excluding hydrogens is 198 g/mol. The fraction of sp³-hybridized carbons (Fsp3) is 0.385. The van der Waals surface area contributed by atoms with Gasteiger partial charge in [-0.3, -0.25) is 0 Å². The molecule has 1 heterocycles. The van der Waals surface area contributed by atoms with E-state index in [2.05, 4.69) is 16.0 Å². The van der Waals surface area contributed by atoms with Crippen molar-refractivity contribution in [3.63, 3.8) is 0 Å². The molecular formula is C13H13N3. The van der Waals surface area contributed by atoms with E-state index < -0.39 is 0 Å². The van der Waals surface area contributed by atoms with Gasteiger partial charge in [-0.05, 0) is 25.0 Å². The summed E-state index contributed by atoms with van der Waals surface area (Å²) in [7, 11) is 0. The first-order chi connectivity index (χ1) is 7.88. The predicted molar refractivity (Wildman–Crippen MR) is 62.0 cm³/mol. The number of aromatic amines is 1. The maximum atomic E-state index is 9.01. The molecule has 0 spiro atoms. The highest BCUT2D eigenvalue weighted by atomic mass is 14.9. The van der Waals surface area contributed by atoms with Crippen molar-refractivity contribution in [2.24, 2.45) is 0 Å². The molecule has 1 aromatic carbocycles. The summed E-state index contributed by atoms with van der Waals surface area (Å²) in [6.07, 6.45) is 5.04. The van der Waals surface area contributed by atoms with E-state index in [0.717, 1.165) is 16.9 Å². The van der Waals surface area contributed by atoms with E-state index in [1.165, 1.54) is 25.7 Å². The molecule has 1 N–H and O–H groups in total. The summed E-state index contributed by atoms with van der Waals surface area (Å²) in [6, 6.07) is 7.90. The van der Waals surface area contributed by atoms with Gasteiger partial charge >= 0.3 is 0 Å². The van der Waals surface area contributed by atoms with E-state index in [-0.39, 0.29) is 0 Å². The third kappa shape index (κ3) is 1.38. The number of benzene rings is 1. The van der Waals surface area contributed by atoms with Gasteiger partial charge in [-0.2, -0.15) is 5.26 Å². The van der Waals surface area contributed by atoms with Crippen LogP contribution in [0.15, 0.2) is 18.2 Å². The predicted octanol–water partition coefficient (Wildman–Crippen LogP) is 3.09. The molecule has 0 atom stereocenters. The summed E-state index contributed by atoms with van der Waals surface area (Å²) in [5.41, 5.74) is 2.48. The Morgan fingerprint density at radius 2 is 2.12 bits per heavy atom. The number of nitriles is 1. The van der Waals surface area contributed by atoms with Gasteiger partial charge in [-0.1, -0.05) is 18.9 Å².